The van der Waals surface area contributed by atoms with E-state index in [4.69, 9.17) is 0 Å². The minimum Gasteiger partial charge on any atom is -0.300 e. The van der Waals surface area contributed by atoms with Crippen molar-refractivity contribution in [1.82, 2.24) is 14.5 Å². The zero-order valence-corrected chi connectivity index (χ0v) is 16.6. The second kappa shape index (κ2) is 7.33. The van der Waals surface area contributed by atoms with Gasteiger partial charge in [0.1, 0.15) is 0 Å². The number of nitrogens with zero attached hydrogens (tertiary/aromatic N) is 3. The van der Waals surface area contributed by atoms with Gasteiger partial charge in [0.15, 0.2) is 0 Å². The monoisotopic (exact) mass is 446 g/mol. The Morgan fingerprint density at radius 2 is 1.90 bits per heavy atom. The molecule has 1 N–H and O–H groups in total. The van der Waals surface area contributed by atoms with Crippen molar-refractivity contribution in [2.75, 3.05) is 11.9 Å². The Morgan fingerprint density at radius 1 is 1.17 bits per heavy atom. The molecule has 2 aliphatic heterocycles. The summed E-state index contributed by atoms with van der Waals surface area (Å²) in [6, 6.07) is 7.45. The highest BCUT2D eigenvalue weighted by atomic mass is 32.2. The number of sulfonamides is 1. The molecule has 1 aromatic carbocycles. The predicted molar refractivity (Wildman–Crippen MR) is 98.5 cm³/mol. The van der Waals surface area contributed by atoms with Gasteiger partial charge in [-0.3, -0.25) is 4.79 Å². The molecule has 2 bridgehead atoms. The number of alkyl halides is 3. The summed E-state index contributed by atoms with van der Waals surface area (Å²) in [5.41, 5.74) is 0. The van der Waals surface area contributed by atoms with E-state index in [0.29, 0.717) is 19.4 Å². The van der Waals surface area contributed by atoms with Gasteiger partial charge in [-0.1, -0.05) is 29.5 Å². The van der Waals surface area contributed by atoms with Crippen molar-refractivity contribution < 1.29 is 26.4 Å². The summed E-state index contributed by atoms with van der Waals surface area (Å²) in [5.74, 6) is -1.16. The average molecular weight is 446 g/mol. The summed E-state index contributed by atoms with van der Waals surface area (Å²) in [6.07, 6.45) is -2.81. The molecular weight excluding hydrogens is 429 g/mol. The van der Waals surface area contributed by atoms with Crippen LogP contribution in [0.3, 0.4) is 0 Å². The Morgan fingerprint density at radius 3 is 2.52 bits per heavy atom. The fourth-order valence-corrected chi connectivity index (χ4v) is 6.42. The van der Waals surface area contributed by atoms with Crippen LogP contribution in [-0.4, -0.2) is 41.4 Å². The number of halogens is 3. The Hall–Kier alpha value is -2.05. The Bertz CT molecular complexity index is 1010. The molecule has 1 aromatic heterocycles. The van der Waals surface area contributed by atoms with E-state index in [9.17, 15) is 26.4 Å². The lowest BCUT2D eigenvalue weighted by atomic mass is 9.73. The summed E-state index contributed by atoms with van der Waals surface area (Å²) in [6.45, 7) is 0.336. The van der Waals surface area contributed by atoms with Gasteiger partial charge in [-0.15, -0.1) is 10.2 Å². The van der Waals surface area contributed by atoms with Crippen LogP contribution in [0.5, 0.6) is 0 Å². The van der Waals surface area contributed by atoms with E-state index in [2.05, 4.69) is 15.5 Å². The molecule has 3 unspecified atom stereocenters. The average Bonchev–Trinajstić information content (AvgIpc) is 3.18. The Kier molecular flexibility index (Phi) is 5.11. The zero-order valence-electron chi connectivity index (χ0n) is 15.0. The van der Waals surface area contributed by atoms with Crippen LogP contribution in [0.2, 0.25) is 0 Å². The first-order chi connectivity index (χ1) is 13.7. The highest BCUT2D eigenvalue weighted by Gasteiger charge is 2.48. The largest absolute Gasteiger partial charge is 0.445 e. The molecule has 3 atom stereocenters. The normalized spacial score (nSPS) is 25.1. The van der Waals surface area contributed by atoms with Crippen molar-refractivity contribution in [2.45, 2.75) is 36.4 Å². The number of nitrogens with one attached hydrogen (secondary N) is 1. The third-order valence-corrected chi connectivity index (χ3v) is 8.10. The van der Waals surface area contributed by atoms with Gasteiger partial charge >= 0.3 is 6.18 Å². The lowest BCUT2D eigenvalue weighted by Gasteiger charge is -2.48. The van der Waals surface area contributed by atoms with Gasteiger partial charge in [0.2, 0.25) is 26.1 Å². The van der Waals surface area contributed by atoms with Crippen molar-refractivity contribution in [2.24, 2.45) is 11.8 Å². The van der Waals surface area contributed by atoms with Crippen molar-refractivity contribution in [3.63, 3.8) is 0 Å². The van der Waals surface area contributed by atoms with Gasteiger partial charge in [0, 0.05) is 12.6 Å². The number of rotatable bonds is 4. The maximum atomic E-state index is 13.1. The van der Waals surface area contributed by atoms with Crippen LogP contribution in [0.4, 0.5) is 18.3 Å². The molecule has 3 aliphatic rings. The number of hydrogen-bond acceptors (Lipinski definition) is 6. The smallest absolute Gasteiger partial charge is 0.300 e. The van der Waals surface area contributed by atoms with Gasteiger partial charge in [-0.2, -0.15) is 17.5 Å². The van der Waals surface area contributed by atoms with Crippen molar-refractivity contribution in [3.8, 4) is 0 Å². The number of aromatic nitrogens is 2. The molecule has 5 rings (SSSR count). The van der Waals surface area contributed by atoms with E-state index in [0.717, 1.165) is 6.42 Å². The van der Waals surface area contributed by atoms with Gasteiger partial charge in [0.05, 0.1) is 10.8 Å². The van der Waals surface area contributed by atoms with Crippen LogP contribution >= 0.6 is 11.3 Å². The summed E-state index contributed by atoms with van der Waals surface area (Å²) >= 11 is 0.244. The third-order valence-electron chi connectivity index (χ3n) is 5.31. The molecule has 12 heteroatoms. The number of amides is 1. The first-order valence-electron chi connectivity index (χ1n) is 8.94. The second-order valence-electron chi connectivity index (χ2n) is 7.14. The molecule has 29 heavy (non-hydrogen) atoms. The maximum Gasteiger partial charge on any atom is 0.445 e. The number of fused-ring (bicyclic) bond motifs is 3. The molecule has 2 aromatic rings. The topological polar surface area (TPSA) is 92.3 Å². The zero-order chi connectivity index (χ0) is 20.8. The summed E-state index contributed by atoms with van der Waals surface area (Å²) < 4.78 is 65.5. The fraction of sp³-hybridized carbons (Fsp3) is 0.471. The van der Waals surface area contributed by atoms with E-state index < -0.39 is 39.1 Å². The fourth-order valence-electron chi connectivity index (χ4n) is 4.01. The molecule has 156 valence electrons. The number of anilines is 1. The second-order valence-corrected chi connectivity index (χ2v) is 10.0. The number of hydrogen-bond donors (Lipinski definition) is 1. The molecule has 1 amide bonds. The van der Waals surface area contributed by atoms with Crippen LogP contribution in [-0.2, 0) is 21.0 Å². The highest BCUT2D eigenvalue weighted by Crippen LogP contribution is 2.42. The molecule has 0 spiro atoms. The molecule has 3 heterocycles. The van der Waals surface area contributed by atoms with Crippen molar-refractivity contribution in [1.29, 1.82) is 0 Å². The minimum atomic E-state index is -4.63. The van der Waals surface area contributed by atoms with Crippen LogP contribution in [0.15, 0.2) is 35.2 Å². The summed E-state index contributed by atoms with van der Waals surface area (Å²) in [7, 11) is -3.77. The highest BCUT2D eigenvalue weighted by molar-refractivity contribution is 7.89. The van der Waals surface area contributed by atoms with Crippen LogP contribution in [0, 0.1) is 11.8 Å². The number of benzene rings is 1. The van der Waals surface area contributed by atoms with Gasteiger partial charge in [-0.05, 0) is 37.3 Å². The lowest BCUT2D eigenvalue weighted by molar-refractivity contribution is -0.138. The SMILES string of the molecule is O=C(Nc1nnc(C(F)(F)F)s1)C1CC2CCC1N(S(=O)(=O)c1ccccc1)C2. The molecule has 3 fully saturated rings. The first-order valence-corrected chi connectivity index (χ1v) is 11.2. The van der Waals surface area contributed by atoms with E-state index in [1.165, 1.54) is 16.4 Å². The molecule has 7 nitrogen and oxygen atoms in total. The van der Waals surface area contributed by atoms with Crippen LogP contribution < -0.4 is 5.32 Å². The van der Waals surface area contributed by atoms with Crippen LogP contribution in [0.1, 0.15) is 24.3 Å². The van der Waals surface area contributed by atoms with E-state index in [1.54, 1.807) is 18.2 Å². The summed E-state index contributed by atoms with van der Waals surface area (Å²) in [5, 5.41) is 7.42. The van der Waals surface area contributed by atoms with Crippen molar-refractivity contribution >= 4 is 32.4 Å². The number of piperidine rings is 2. The molecule has 1 aliphatic carbocycles. The third kappa shape index (κ3) is 3.88. The van der Waals surface area contributed by atoms with Gasteiger partial charge in [0.25, 0.3) is 0 Å². The van der Waals surface area contributed by atoms with Gasteiger partial charge in [-0.25, -0.2) is 8.42 Å². The van der Waals surface area contributed by atoms with E-state index in [1.807, 2.05) is 0 Å². The van der Waals surface area contributed by atoms with E-state index in [-0.39, 0.29) is 27.3 Å². The van der Waals surface area contributed by atoms with Gasteiger partial charge < -0.3 is 5.32 Å². The Labute approximate surface area is 169 Å². The molecular formula is C17H17F3N4O3S2. The standard InChI is InChI=1S/C17H17F3N4O3S2/c18-17(19,20)15-22-23-16(28-15)21-14(25)12-8-10-6-7-13(12)24(9-10)29(26,27)11-4-2-1-3-5-11/h1-5,10,12-13H,6-9H2,(H,21,23,25). The molecule has 2 saturated heterocycles. The predicted octanol–water partition coefficient (Wildman–Crippen LogP) is 2.98. The Balaban J connectivity index is 1.54. The molecule has 1 saturated carbocycles. The number of carbonyl (C=O) groups is 1. The van der Waals surface area contributed by atoms with Crippen molar-refractivity contribution in [3.05, 3.63) is 35.3 Å². The minimum absolute atomic E-state index is 0.0226. The maximum absolute atomic E-state index is 13.1. The molecule has 0 radical (unpaired) electrons. The quantitative estimate of drug-likeness (QED) is 0.780. The lowest BCUT2D eigenvalue weighted by Crippen LogP contribution is -2.57. The first kappa shape index (κ1) is 20.2. The number of carbonyl (C=O) groups excluding carboxylic acids is 1. The van der Waals surface area contributed by atoms with E-state index >= 15 is 0 Å². The summed E-state index contributed by atoms with van der Waals surface area (Å²) in [4.78, 5) is 12.9. The van der Waals surface area contributed by atoms with Crippen LogP contribution in [0.25, 0.3) is 0 Å².